The number of nitrogens with one attached hydrogen (secondary N) is 1. The fourth-order valence-corrected chi connectivity index (χ4v) is 2.89. The quantitative estimate of drug-likeness (QED) is 0.579. The summed E-state index contributed by atoms with van der Waals surface area (Å²) in [5, 5.41) is 12.6. The zero-order valence-electron chi connectivity index (χ0n) is 13.1. The van der Waals surface area contributed by atoms with Gasteiger partial charge >= 0.3 is 0 Å². The van der Waals surface area contributed by atoms with Crippen molar-refractivity contribution >= 4 is 45.2 Å². The maximum Gasteiger partial charge on any atom is 0.266 e. The summed E-state index contributed by atoms with van der Waals surface area (Å²) in [4.78, 5) is 12.4. The third-order valence-corrected chi connectivity index (χ3v) is 4.77. The Morgan fingerprint density at radius 1 is 1.36 bits per heavy atom. The number of amides is 1. The predicted octanol–water partition coefficient (Wildman–Crippen LogP) is 4.69. The molecular weight excluding hydrogens is 408 g/mol. The van der Waals surface area contributed by atoms with Gasteiger partial charge in [0.05, 0.1) is 0 Å². The number of fused-ring (bicyclic) bond motifs is 1. The summed E-state index contributed by atoms with van der Waals surface area (Å²) in [6.45, 7) is 1.94. The van der Waals surface area contributed by atoms with Crippen LogP contribution in [-0.4, -0.2) is 12.7 Å². The van der Waals surface area contributed by atoms with Gasteiger partial charge in [-0.25, -0.2) is 0 Å². The first-order valence-corrected chi connectivity index (χ1v) is 8.44. The molecule has 0 aromatic heterocycles. The monoisotopic (exact) mass is 418 g/mol. The molecule has 0 spiro atoms. The summed E-state index contributed by atoms with van der Waals surface area (Å²) in [6, 6.07) is 10.6. The maximum atomic E-state index is 12.4. The van der Waals surface area contributed by atoms with E-state index in [1.807, 2.05) is 6.07 Å². The van der Waals surface area contributed by atoms with E-state index in [4.69, 9.17) is 21.1 Å². The highest BCUT2D eigenvalue weighted by atomic mass is 79.9. The Kier molecular flexibility index (Phi) is 4.98. The van der Waals surface area contributed by atoms with Crippen molar-refractivity contribution in [2.75, 3.05) is 12.1 Å². The molecule has 0 atom stereocenters. The number of nitrogens with zero attached hydrogens (tertiary/aromatic N) is 1. The lowest BCUT2D eigenvalue weighted by atomic mass is 10.1. The van der Waals surface area contributed by atoms with Gasteiger partial charge in [-0.1, -0.05) is 33.6 Å². The summed E-state index contributed by atoms with van der Waals surface area (Å²) >= 11 is 9.46. The molecule has 1 heterocycles. The lowest BCUT2D eigenvalue weighted by molar-refractivity contribution is -0.112. The van der Waals surface area contributed by atoms with Gasteiger partial charge in [0, 0.05) is 15.2 Å². The number of hydrogen-bond acceptors (Lipinski definition) is 4. The van der Waals surface area contributed by atoms with Crippen LogP contribution in [0.1, 0.15) is 11.1 Å². The van der Waals surface area contributed by atoms with Gasteiger partial charge in [0.15, 0.2) is 11.5 Å². The smallest absolute Gasteiger partial charge is 0.266 e. The van der Waals surface area contributed by atoms with Crippen LogP contribution in [0.2, 0.25) is 5.02 Å². The molecule has 126 valence electrons. The lowest BCUT2D eigenvalue weighted by Gasteiger charge is -2.09. The number of rotatable bonds is 3. The van der Waals surface area contributed by atoms with E-state index in [0.717, 1.165) is 5.56 Å². The third-order valence-electron chi connectivity index (χ3n) is 3.67. The van der Waals surface area contributed by atoms with Crippen molar-refractivity contribution in [3.8, 4) is 17.6 Å². The fourth-order valence-electron chi connectivity index (χ4n) is 2.28. The molecule has 1 N–H and O–H groups in total. The molecule has 2 aromatic rings. The summed E-state index contributed by atoms with van der Waals surface area (Å²) in [5.41, 5.74) is 1.89. The van der Waals surface area contributed by atoms with E-state index in [1.165, 1.54) is 6.08 Å². The Morgan fingerprint density at radius 2 is 2.08 bits per heavy atom. The zero-order chi connectivity index (χ0) is 18.0. The Balaban J connectivity index is 1.89. The van der Waals surface area contributed by atoms with E-state index < -0.39 is 5.91 Å². The Labute approximate surface area is 157 Å². The number of nitriles is 1. The standard InChI is InChI=1S/C18H12BrClN2O3/c1-10-14(20)3-2-4-15(10)22-18(23)12(8-21)5-11-6-16-17(7-13(11)19)25-9-24-16/h2-7H,9H2,1H3,(H,22,23)/b12-5+. The Hall–Kier alpha value is -2.49. The minimum atomic E-state index is -0.516. The number of ether oxygens (including phenoxy) is 2. The first kappa shape index (κ1) is 17.3. The highest BCUT2D eigenvalue weighted by Gasteiger charge is 2.17. The molecule has 0 bridgehead atoms. The summed E-state index contributed by atoms with van der Waals surface area (Å²) in [7, 11) is 0. The van der Waals surface area contributed by atoms with E-state index >= 15 is 0 Å². The molecule has 0 unspecified atom stereocenters. The topological polar surface area (TPSA) is 71.4 Å². The number of carbonyl (C=O) groups excluding carboxylic acids is 1. The molecule has 25 heavy (non-hydrogen) atoms. The summed E-state index contributed by atoms with van der Waals surface area (Å²) in [5.74, 6) is 0.664. The van der Waals surface area contributed by atoms with E-state index in [2.05, 4.69) is 21.2 Å². The van der Waals surface area contributed by atoms with Crippen molar-refractivity contribution < 1.29 is 14.3 Å². The number of halogens is 2. The van der Waals surface area contributed by atoms with E-state index in [1.54, 1.807) is 37.3 Å². The third kappa shape index (κ3) is 3.63. The van der Waals surface area contributed by atoms with Crippen LogP contribution in [0.25, 0.3) is 6.08 Å². The first-order valence-electron chi connectivity index (χ1n) is 7.27. The second-order valence-corrected chi connectivity index (χ2v) is 6.52. The Morgan fingerprint density at radius 3 is 2.80 bits per heavy atom. The molecule has 0 aliphatic carbocycles. The van der Waals surface area contributed by atoms with Crippen LogP contribution in [0.5, 0.6) is 11.5 Å². The van der Waals surface area contributed by atoms with Crippen LogP contribution in [0.4, 0.5) is 5.69 Å². The predicted molar refractivity (Wildman–Crippen MR) is 98.7 cm³/mol. The van der Waals surface area contributed by atoms with Crippen LogP contribution in [0.15, 0.2) is 40.4 Å². The van der Waals surface area contributed by atoms with Crippen molar-refractivity contribution in [2.24, 2.45) is 0 Å². The number of anilines is 1. The lowest BCUT2D eigenvalue weighted by Crippen LogP contribution is -2.14. The average molecular weight is 420 g/mol. The normalized spacial score (nSPS) is 12.6. The highest BCUT2D eigenvalue weighted by Crippen LogP contribution is 2.37. The van der Waals surface area contributed by atoms with Crippen molar-refractivity contribution in [1.29, 1.82) is 5.26 Å². The number of benzene rings is 2. The average Bonchev–Trinajstić information content (AvgIpc) is 3.03. The first-order chi connectivity index (χ1) is 12.0. The molecule has 0 saturated heterocycles. The van der Waals surface area contributed by atoms with Crippen LogP contribution in [0.3, 0.4) is 0 Å². The van der Waals surface area contributed by atoms with E-state index in [0.29, 0.717) is 32.2 Å². The second kappa shape index (κ2) is 7.18. The van der Waals surface area contributed by atoms with Crippen LogP contribution >= 0.6 is 27.5 Å². The van der Waals surface area contributed by atoms with Crippen LogP contribution in [-0.2, 0) is 4.79 Å². The maximum absolute atomic E-state index is 12.4. The number of carbonyl (C=O) groups is 1. The van der Waals surface area contributed by atoms with Crippen molar-refractivity contribution in [1.82, 2.24) is 0 Å². The van der Waals surface area contributed by atoms with Gasteiger partial charge < -0.3 is 14.8 Å². The Bertz CT molecular complexity index is 935. The van der Waals surface area contributed by atoms with Gasteiger partial charge in [-0.15, -0.1) is 0 Å². The highest BCUT2D eigenvalue weighted by molar-refractivity contribution is 9.10. The van der Waals surface area contributed by atoms with Crippen molar-refractivity contribution in [2.45, 2.75) is 6.92 Å². The molecule has 2 aromatic carbocycles. The SMILES string of the molecule is Cc1c(Cl)cccc1NC(=O)/C(C#N)=C/c1cc2c(cc1Br)OCO2. The molecule has 3 rings (SSSR count). The number of hydrogen-bond donors (Lipinski definition) is 1. The van der Waals surface area contributed by atoms with Gasteiger partial charge in [0.1, 0.15) is 11.6 Å². The largest absolute Gasteiger partial charge is 0.454 e. The van der Waals surface area contributed by atoms with E-state index in [9.17, 15) is 10.1 Å². The van der Waals surface area contributed by atoms with Gasteiger partial charge in [-0.05, 0) is 48.4 Å². The van der Waals surface area contributed by atoms with Gasteiger partial charge in [-0.3, -0.25) is 4.79 Å². The zero-order valence-corrected chi connectivity index (χ0v) is 15.4. The molecule has 0 fully saturated rings. The van der Waals surface area contributed by atoms with Gasteiger partial charge in [0.2, 0.25) is 6.79 Å². The summed E-state index contributed by atoms with van der Waals surface area (Å²) < 4.78 is 11.3. The molecular formula is C18H12BrClN2O3. The molecule has 1 aliphatic heterocycles. The summed E-state index contributed by atoms with van der Waals surface area (Å²) in [6.07, 6.45) is 1.49. The van der Waals surface area contributed by atoms with E-state index in [-0.39, 0.29) is 12.4 Å². The fraction of sp³-hybridized carbons (Fsp3) is 0.111. The minimum absolute atomic E-state index is 0.0426. The molecule has 0 saturated carbocycles. The molecule has 1 amide bonds. The molecule has 0 radical (unpaired) electrons. The molecule has 5 nitrogen and oxygen atoms in total. The van der Waals surface area contributed by atoms with Crippen molar-refractivity contribution in [3.63, 3.8) is 0 Å². The second-order valence-electron chi connectivity index (χ2n) is 5.26. The molecule has 7 heteroatoms. The van der Waals surface area contributed by atoms with Gasteiger partial charge in [-0.2, -0.15) is 5.26 Å². The van der Waals surface area contributed by atoms with Crippen LogP contribution in [0, 0.1) is 18.3 Å². The van der Waals surface area contributed by atoms with Gasteiger partial charge in [0.25, 0.3) is 5.91 Å². The van der Waals surface area contributed by atoms with Crippen LogP contribution < -0.4 is 14.8 Å². The molecule has 1 aliphatic rings. The van der Waals surface area contributed by atoms with Crippen molar-refractivity contribution in [3.05, 3.63) is 56.5 Å². The minimum Gasteiger partial charge on any atom is -0.454 e.